The summed E-state index contributed by atoms with van der Waals surface area (Å²) in [4.78, 5) is 158. The smallest absolute Gasteiger partial charge is 0.188 e. The second kappa shape index (κ2) is 38.1. The van der Waals surface area contributed by atoms with Crippen molar-refractivity contribution in [3.8, 4) is 21.4 Å². The molecule has 0 unspecified atom stereocenters. The van der Waals surface area contributed by atoms with Crippen molar-refractivity contribution in [1.29, 1.82) is 0 Å². The highest BCUT2D eigenvalue weighted by Gasteiger charge is 2.33. The lowest BCUT2D eigenvalue weighted by molar-refractivity contribution is 0.0874. The van der Waals surface area contributed by atoms with Crippen LogP contribution in [-0.4, -0.2) is 120 Å². The second-order valence-electron chi connectivity index (χ2n) is 32.4. The van der Waals surface area contributed by atoms with Gasteiger partial charge in [0, 0.05) is 210 Å². The largest absolute Gasteiger partial charge is 0.379 e. The van der Waals surface area contributed by atoms with E-state index in [1.165, 1.54) is 29.7 Å². The van der Waals surface area contributed by atoms with Crippen molar-refractivity contribution in [2.75, 3.05) is 63.6 Å². The maximum atomic E-state index is 12.3. The van der Waals surface area contributed by atoms with E-state index in [0.717, 1.165) is 150 Å². The van der Waals surface area contributed by atoms with Crippen molar-refractivity contribution in [2.45, 2.75) is 92.0 Å². The maximum Gasteiger partial charge on any atom is 0.188 e. The Morgan fingerprint density at radius 2 is 0.644 bits per heavy atom. The molecule has 5 N–H and O–H groups in total. The molecule has 0 spiro atoms. The lowest BCUT2D eigenvalue weighted by Crippen LogP contribution is -2.17. The predicted octanol–water partition coefficient (Wildman–Crippen LogP) is 22.1. The van der Waals surface area contributed by atoms with Gasteiger partial charge in [0.25, 0.3) is 0 Å². The third kappa shape index (κ3) is 18.0. The Hall–Kier alpha value is -14.8. The van der Waals surface area contributed by atoms with E-state index in [-0.39, 0.29) is 97.4 Å². The zero-order valence-corrected chi connectivity index (χ0v) is 75.1. The summed E-state index contributed by atoms with van der Waals surface area (Å²) in [5.41, 5.74) is 19.8. The zero-order chi connectivity index (χ0) is 90.1. The van der Waals surface area contributed by atoms with Gasteiger partial charge in [-0.05, 0) is 86.5 Å². The van der Waals surface area contributed by atoms with Gasteiger partial charge in [-0.15, -0.1) is 56.7 Å². The Morgan fingerprint density at radius 1 is 0.326 bits per heavy atom. The molecule has 6 aromatic heterocycles. The van der Waals surface area contributed by atoms with Crippen molar-refractivity contribution < 1.29 is 47.9 Å². The lowest BCUT2D eigenvalue weighted by atomic mass is 9.86. The highest BCUT2D eigenvalue weighted by Crippen LogP contribution is 2.42. The maximum absolute atomic E-state index is 12.3. The van der Waals surface area contributed by atoms with E-state index in [9.17, 15) is 47.9 Å². The highest BCUT2D eigenvalue weighted by atomic mass is 32.1. The number of anilines is 7. The number of nitrogens with zero attached hydrogens (tertiary/aromatic N) is 9. The Morgan fingerprint density at radius 3 is 0.992 bits per heavy atom. The van der Waals surface area contributed by atoms with Crippen LogP contribution in [0.15, 0.2) is 227 Å². The van der Waals surface area contributed by atoms with Gasteiger partial charge in [-0.25, -0.2) is 34.9 Å². The molecule has 7 heterocycles. The van der Waals surface area contributed by atoms with Gasteiger partial charge in [0.2, 0.25) is 0 Å². The number of aryl methyl sites for hydroxylation is 1. The van der Waals surface area contributed by atoms with E-state index in [2.05, 4.69) is 98.4 Å². The van der Waals surface area contributed by atoms with Crippen LogP contribution in [0.5, 0.6) is 0 Å². The van der Waals surface area contributed by atoms with Crippen molar-refractivity contribution in [3.63, 3.8) is 0 Å². The molecule has 17 aromatic rings. The minimum Gasteiger partial charge on any atom is -0.379 e. The molecule has 1 aliphatic heterocycles. The standard InChI is InChI=1S/C24H18N2O2S.C21H14N4O2S.C21H19N3O2S.C19H17N3O2S.C17H12N2O2S.CH4/c1-14-5-7-15(8-6-14)24-26-16(13-29-24)12-25-20-10-9-19-22(28)11-21(27)18-4-2-3-17(20)23(18)19;26-17-9-18(27)15-5-6-16(13-3-1-4-14(17)19(13)15)24-10-12-11-28-21(25-12)20-22-7-2-8-23-20;25-18-10-19(26)16-6-7-17(14-4-3-5-15(18)20(14)16)22-11-13-12-27-21(23-13)24-8-1-2-9-24;1-22(2)19-21-11(10-25-19)9-20-15-7-6-14-17(24)8-16(23)13-5-3-4-12(15)18(13)14;20-15-6-16(21)13-4-5-14(18-7-10-8-22-9-19-10)11-2-1-3-12(15)17(11)13;/h2-10,13,25H,11-12H2,1H3;1-8,11,24H,9-10H2;3-7,12,22H,1-2,8-11H2;3-7,10,20H,8-9H2,1-2H3;1-5,8-9,18H,6-7H2;1H4. The molecule has 0 bridgehead atoms. The summed E-state index contributed by atoms with van der Waals surface area (Å²) < 4.78 is 0. The van der Waals surface area contributed by atoms with Crippen LogP contribution >= 0.6 is 56.7 Å². The quantitative estimate of drug-likeness (QED) is 0.0470. The third-order valence-corrected chi connectivity index (χ3v) is 28.1. The summed E-state index contributed by atoms with van der Waals surface area (Å²) in [5.74, 6) is -0.419. The van der Waals surface area contributed by atoms with Gasteiger partial charge >= 0.3 is 0 Å². The number of rotatable bonds is 19. The number of benzene rings is 11. The van der Waals surface area contributed by atoms with Crippen LogP contribution in [0.1, 0.15) is 190 Å². The first-order valence-electron chi connectivity index (χ1n) is 42.5. The number of ketones is 10. The highest BCUT2D eigenvalue weighted by molar-refractivity contribution is 7.14. The van der Waals surface area contributed by atoms with Crippen LogP contribution < -0.4 is 36.4 Å². The fraction of sp³-hybridized carbons (Fsp3) is 0.175. The molecule has 132 heavy (non-hydrogen) atoms. The van der Waals surface area contributed by atoms with E-state index in [1.807, 2.05) is 156 Å². The average molecular weight is 1840 g/mol. The molecule has 0 radical (unpaired) electrons. The normalized spacial score (nSPS) is 13.8. The topological polar surface area (TPSA) is 328 Å². The molecule has 5 aliphatic carbocycles. The first-order chi connectivity index (χ1) is 63.8. The summed E-state index contributed by atoms with van der Waals surface area (Å²) in [6.45, 7) is 7.17. The molecule has 0 atom stereocenters. The molecule has 6 aliphatic rings. The summed E-state index contributed by atoms with van der Waals surface area (Å²) in [6, 6.07) is 56.9. The minimum absolute atomic E-state index is 0. The number of nitrogens with one attached hydrogen (secondary N) is 5. The van der Waals surface area contributed by atoms with E-state index in [1.54, 1.807) is 99.6 Å². The predicted molar refractivity (Wildman–Crippen MR) is 527 cm³/mol. The fourth-order valence-electron chi connectivity index (χ4n) is 17.2. The molecule has 0 amide bonds. The average Bonchev–Trinajstić information content (AvgIpc) is 1.28. The molecular formula is C103H84N14O10S5. The molecule has 1 saturated heterocycles. The molecule has 1 fully saturated rings. The van der Waals surface area contributed by atoms with Gasteiger partial charge in [0.15, 0.2) is 78.9 Å². The number of Topliss-reactive ketones (excluding diaryl/α,β-unsaturated/α-hetero) is 10. The summed E-state index contributed by atoms with van der Waals surface area (Å²) >= 11 is 7.96. The fourth-order valence-corrected chi connectivity index (χ4v) is 21.0. The van der Waals surface area contributed by atoms with E-state index < -0.39 is 0 Å². The van der Waals surface area contributed by atoms with Crippen LogP contribution in [0.4, 0.5) is 38.7 Å². The summed E-state index contributed by atoms with van der Waals surface area (Å²) in [5, 5.41) is 39.3. The zero-order valence-electron chi connectivity index (χ0n) is 71.0. The van der Waals surface area contributed by atoms with E-state index >= 15 is 0 Å². The lowest BCUT2D eigenvalue weighted by Gasteiger charge is -2.18. The second-order valence-corrected chi connectivity index (χ2v) is 36.5. The number of carbonyl (C=O) groups excluding carboxylic acids is 10. The van der Waals surface area contributed by atoms with Crippen LogP contribution in [0, 0.1) is 6.92 Å². The van der Waals surface area contributed by atoms with Gasteiger partial charge in [-0.2, -0.15) is 0 Å². The van der Waals surface area contributed by atoms with Crippen molar-refractivity contribution in [2.24, 2.45) is 0 Å². The molecule has 11 aromatic carbocycles. The van der Waals surface area contributed by atoms with Gasteiger partial charge in [-0.3, -0.25) is 47.9 Å². The van der Waals surface area contributed by atoms with Gasteiger partial charge in [0.1, 0.15) is 5.01 Å². The first kappa shape index (κ1) is 87.9. The van der Waals surface area contributed by atoms with E-state index in [0.29, 0.717) is 94.2 Å². The molecule has 29 heteroatoms. The van der Waals surface area contributed by atoms with Crippen LogP contribution in [-0.2, 0) is 32.7 Å². The van der Waals surface area contributed by atoms with Crippen LogP contribution in [0.25, 0.3) is 75.3 Å². The van der Waals surface area contributed by atoms with Crippen molar-refractivity contribution >= 4 is 207 Å². The molecule has 24 nitrogen and oxygen atoms in total. The number of aromatic nitrogens is 7. The Labute approximate surface area is 777 Å². The first-order valence-corrected chi connectivity index (χ1v) is 47.0. The van der Waals surface area contributed by atoms with Gasteiger partial charge in [-0.1, -0.05) is 128 Å². The number of hydrogen-bond donors (Lipinski definition) is 5. The van der Waals surface area contributed by atoms with Gasteiger partial charge in [0.05, 0.1) is 98.8 Å². The molecular weight excluding hydrogens is 1750 g/mol. The SMILES string of the molecule is C.CN(C)c1nc(CNc2ccc3c4c(cccc24)C(=O)CC3=O)cs1.Cc1ccc(-c2nc(CNc3ccc4c5c(cccc35)C(=O)CC4=O)cs2)cc1.O=C1CC(=O)c2ccc(NCc3csc(-c4ncccn4)n3)c3cccc1c23.O=C1CC(=O)c2ccc(NCc3csc(N4CCCC4)n3)c3cccc1c23.O=C1CC(=O)c2ccc(NCc3cscn3)c3cccc1c23. The Bertz CT molecular complexity index is 7420. The van der Waals surface area contributed by atoms with Crippen molar-refractivity contribution in [3.05, 3.63) is 316 Å². The molecule has 23 rings (SSSR count). The Balaban J connectivity index is 0.000000111. The Kier molecular flexibility index (Phi) is 25.4. The van der Waals surface area contributed by atoms with Crippen LogP contribution in [0.3, 0.4) is 0 Å². The number of hydrogen-bond acceptors (Lipinski definition) is 29. The third-order valence-electron chi connectivity index (χ3n) is 23.6. The summed E-state index contributed by atoms with van der Waals surface area (Å²) in [7, 11) is 3.94. The summed E-state index contributed by atoms with van der Waals surface area (Å²) in [6.07, 6.45) is 5.68. The number of carbonyl (C=O) groups is 10. The monoisotopic (exact) mass is 1840 g/mol. The minimum atomic E-state index is -0.118. The molecule has 656 valence electrons. The van der Waals surface area contributed by atoms with E-state index in [4.69, 9.17) is 9.97 Å². The molecule has 0 saturated carbocycles. The number of thiazole rings is 5. The van der Waals surface area contributed by atoms with Crippen molar-refractivity contribution in [1.82, 2.24) is 34.9 Å². The van der Waals surface area contributed by atoms with Crippen LogP contribution in [0.2, 0.25) is 0 Å². The van der Waals surface area contributed by atoms with Gasteiger partial charge < -0.3 is 36.4 Å².